The second-order valence-electron chi connectivity index (χ2n) is 5.19. The molecule has 1 aromatic rings. The molecule has 19 heavy (non-hydrogen) atoms. The van der Waals surface area contributed by atoms with Gasteiger partial charge in [-0.05, 0) is 36.8 Å². The smallest absolute Gasteiger partial charge is 0.303 e. The second kappa shape index (κ2) is 9.60. The topological polar surface area (TPSA) is 37.3 Å². The number of hydrogen-bond donors (Lipinski definition) is 1. The Morgan fingerprint density at radius 3 is 2.00 bits per heavy atom. The van der Waals surface area contributed by atoms with Gasteiger partial charge >= 0.3 is 5.97 Å². The fourth-order valence-corrected chi connectivity index (χ4v) is 2.25. The summed E-state index contributed by atoms with van der Waals surface area (Å²) in [5.41, 5.74) is 2.84. The van der Waals surface area contributed by atoms with Crippen molar-refractivity contribution in [1.29, 1.82) is 0 Å². The Kier molecular flexibility index (Phi) is 7.95. The molecule has 0 atom stereocenters. The summed E-state index contributed by atoms with van der Waals surface area (Å²) in [5, 5.41) is 8.52. The van der Waals surface area contributed by atoms with E-state index in [1.54, 1.807) is 0 Å². The lowest BCUT2D eigenvalue weighted by atomic mass is 10.0. The van der Waals surface area contributed by atoms with E-state index in [1.165, 1.54) is 43.2 Å². The molecule has 0 aliphatic carbocycles. The predicted molar refractivity (Wildman–Crippen MR) is 79.5 cm³/mol. The van der Waals surface area contributed by atoms with E-state index in [2.05, 4.69) is 31.2 Å². The maximum Gasteiger partial charge on any atom is 0.303 e. The summed E-state index contributed by atoms with van der Waals surface area (Å²) in [6.45, 7) is 2.18. The third-order valence-corrected chi connectivity index (χ3v) is 3.54. The molecule has 0 radical (unpaired) electrons. The van der Waals surface area contributed by atoms with E-state index in [0.29, 0.717) is 6.42 Å². The molecule has 0 aromatic heterocycles. The number of benzene rings is 1. The summed E-state index contributed by atoms with van der Waals surface area (Å²) in [6, 6.07) is 8.93. The van der Waals surface area contributed by atoms with Gasteiger partial charge in [0.1, 0.15) is 0 Å². The molecule has 0 saturated heterocycles. The highest BCUT2D eigenvalue weighted by atomic mass is 16.4. The minimum absolute atomic E-state index is 0.323. The van der Waals surface area contributed by atoms with Gasteiger partial charge in [-0.3, -0.25) is 4.79 Å². The van der Waals surface area contributed by atoms with E-state index in [0.717, 1.165) is 19.3 Å². The van der Waals surface area contributed by atoms with Gasteiger partial charge in [0.15, 0.2) is 0 Å². The van der Waals surface area contributed by atoms with E-state index in [1.807, 2.05) is 0 Å². The average Bonchev–Trinajstić information content (AvgIpc) is 2.42. The lowest BCUT2D eigenvalue weighted by Gasteiger charge is -2.03. The van der Waals surface area contributed by atoms with Crippen molar-refractivity contribution in [2.75, 3.05) is 0 Å². The van der Waals surface area contributed by atoms with Gasteiger partial charge in [0.25, 0.3) is 0 Å². The van der Waals surface area contributed by atoms with E-state index in [4.69, 9.17) is 5.11 Å². The number of aryl methyl sites for hydroxylation is 2. The zero-order valence-electron chi connectivity index (χ0n) is 12.0. The molecule has 1 aromatic carbocycles. The van der Waals surface area contributed by atoms with Gasteiger partial charge in [0.2, 0.25) is 0 Å². The fraction of sp³-hybridized carbons (Fsp3) is 0.588. The van der Waals surface area contributed by atoms with E-state index >= 15 is 0 Å². The maximum absolute atomic E-state index is 10.3. The van der Waals surface area contributed by atoms with Gasteiger partial charge < -0.3 is 5.11 Å². The lowest BCUT2D eigenvalue weighted by Crippen LogP contribution is -1.93. The lowest BCUT2D eigenvalue weighted by molar-refractivity contribution is -0.137. The molecule has 0 fully saturated rings. The van der Waals surface area contributed by atoms with Gasteiger partial charge in [-0.1, -0.05) is 56.9 Å². The van der Waals surface area contributed by atoms with Crippen molar-refractivity contribution in [3.8, 4) is 0 Å². The van der Waals surface area contributed by atoms with Crippen LogP contribution in [-0.4, -0.2) is 11.1 Å². The van der Waals surface area contributed by atoms with Crippen molar-refractivity contribution in [2.45, 2.75) is 64.7 Å². The monoisotopic (exact) mass is 262 g/mol. The van der Waals surface area contributed by atoms with Crippen molar-refractivity contribution < 1.29 is 9.90 Å². The number of rotatable bonds is 10. The number of aliphatic carboxylic acids is 1. The van der Waals surface area contributed by atoms with Crippen molar-refractivity contribution in [3.63, 3.8) is 0 Å². The molecule has 0 unspecified atom stereocenters. The van der Waals surface area contributed by atoms with Gasteiger partial charge in [0, 0.05) is 6.42 Å². The average molecular weight is 262 g/mol. The second-order valence-corrected chi connectivity index (χ2v) is 5.19. The molecule has 0 saturated carbocycles. The highest BCUT2D eigenvalue weighted by molar-refractivity contribution is 5.66. The van der Waals surface area contributed by atoms with Gasteiger partial charge in [-0.25, -0.2) is 0 Å². The Bertz CT molecular complexity index is 354. The minimum atomic E-state index is -0.671. The molecule has 0 amide bonds. The van der Waals surface area contributed by atoms with Crippen LogP contribution in [0, 0.1) is 0 Å². The summed E-state index contributed by atoms with van der Waals surface area (Å²) >= 11 is 0. The van der Waals surface area contributed by atoms with Crippen molar-refractivity contribution >= 4 is 5.97 Å². The summed E-state index contributed by atoms with van der Waals surface area (Å²) in [4.78, 5) is 10.3. The Balaban J connectivity index is 1.99. The van der Waals surface area contributed by atoms with Crippen LogP contribution >= 0.6 is 0 Å². The first-order valence-electron chi connectivity index (χ1n) is 7.52. The van der Waals surface area contributed by atoms with Gasteiger partial charge in [0.05, 0.1) is 0 Å². The molecule has 0 aliphatic heterocycles. The molecule has 2 nitrogen and oxygen atoms in total. The molecule has 106 valence electrons. The first-order chi connectivity index (χ1) is 9.22. The zero-order valence-corrected chi connectivity index (χ0v) is 12.0. The summed E-state index contributed by atoms with van der Waals surface area (Å²) in [6.07, 6.45) is 9.37. The molecule has 2 heteroatoms. The molecule has 0 heterocycles. The van der Waals surface area contributed by atoms with Crippen LogP contribution in [0.2, 0.25) is 0 Å². The first kappa shape index (κ1) is 15.7. The van der Waals surface area contributed by atoms with Gasteiger partial charge in [-0.15, -0.1) is 0 Å². The van der Waals surface area contributed by atoms with Crippen LogP contribution in [0.5, 0.6) is 0 Å². The van der Waals surface area contributed by atoms with Crippen LogP contribution in [0.15, 0.2) is 24.3 Å². The molecular weight excluding hydrogens is 236 g/mol. The van der Waals surface area contributed by atoms with Crippen molar-refractivity contribution in [1.82, 2.24) is 0 Å². The zero-order chi connectivity index (χ0) is 13.9. The highest BCUT2D eigenvalue weighted by Gasteiger charge is 1.97. The summed E-state index contributed by atoms with van der Waals surface area (Å²) < 4.78 is 0. The summed E-state index contributed by atoms with van der Waals surface area (Å²) in [5.74, 6) is -0.671. The standard InChI is InChI=1S/C17H26O2/c1-2-15-11-13-16(14-12-15)9-7-5-3-4-6-8-10-17(18)19/h11-14H,2-10H2,1H3,(H,18,19). The van der Waals surface area contributed by atoms with E-state index in [-0.39, 0.29) is 0 Å². The normalized spacial score (nSPS) is 10.6. The fourth-order valence-electron chi connectivity index (χ4n) is 2.25. The first-order valence-corrected chi connectivity index (χ1v) is 7.52. The van der Waals surface area contributed by atoms with Crippen molar-refractivity contribution in [2.24, 2.45) is 0 Å². The van der Waals surface area contributed by atoms with Crippen LogP contribution in [0.3, 0.4) is 0 Å². The number of carbonyl (C=O) groups is 1. The third kappa shape index (κ3) is 7.66. The Hall–Kier alpha value is -1.31. The quantitative estimate of drug-likeness (QED) is 0.625. The van der Waals surface area contributed by atoms with E-state index in [9.17, 15) is 4.79 Å². The maximum atomic E-state index is 10.3. The van der Waals surface area contributed by atoms with E-state index < -0.39 is 5.97 Å². The largest absolute Gasteiger partial charge is 0.481 e. The van der Waals surface area contributed by atoms with Crippen LogP contribution < -0.4 is 0 Å². The predicted octanol–water partition coefficient (Wildman–Crippen LogP) is 4.61. The number of hydrogen-bond acceptors (Lipinski definition) is 1. The molecule has 1 N–H and O–H groups in total. The number of unbranched alkanes of at least 4 members (excludes halogenated alkanes) is 5. The number of carboxylic acid groups (broad SMARTS) is 1. The molecule has 1 rings (SSSR count). The number of carboxylic acids is 1. The van der Waals surface area contributed by atoms with Crippen LogP contribution in [-0.2, 0) is 17.6 Å². The molecule has 0 bridgehead atoms. The Morgan fingerprint density at radius 1 is 0.895 bits per heavy atom. The SMILES string of the molecule is CCc1ccc(CCCCCCCCC(=O)O)cc1. The third-order valence-electron chi connectivity index (χ3n) is 3.54. The van der Waals surface area contributed by atoms with Crippen LogP contribution in [0.4, 0.5) is 0 Å². The van der Waals surface area contributed by atoms with Gasteiger partial charge in [-0.2, -0.15) is 0 Å². The van der Waals surface area contributed by atoms with Crippen LogP contribution in [0.1, 0.15) is 63.0 Å². The Labute approximate surface area is 116 Å². The van der Waals surface area contributed by atoms with Crippen LogP contribution in [0.25, 0.3) is 0 Å². The minimum Gasteiger partial charge on any atom is -0.481 e. The summed E-state index contributed by atoms with van der Waals surface area (Å²) in [7, 11) is 0. The molecular formula is C17H26O2. The molecule has 0 spiro atoms. The Morgan fingerprint density at radius 2 is 1.42 bits per heavy atom. The van der Waals surface area contributed by atoms with Crippen molar-refractivity contribution in [3.05, 3.63) is 35.4 Å². The highest BCUT2D eigenvalue weighted by Crippen LogP contribution is 2.12. The molecule has 0 aliphatic rings.